The summed E-state index contributed by atoms with van der Waals surface area (Å²) < 4.78 is 48.4. The zero-order valence-electron chi connectivity index (χ0n) is 12.7. The maximum absolute atomic E-state index is 12.1. The Morgan fingerprint density at radius 2 is 1.27 bits per heavy atom. The fourth-order valence-electron chi connectivity index (χ4n) is 1.68. The van der Waals surface area contributed by atoms with Crippen LogP contribution in [0.25, 0.3) is 0 Å². The number of primary amides is 1. The predicted octanol–water partition coefficient (Wildman–Crippen LogP) is 1.28. The van der Waals surface area contributed by atoms with E-state index in [4.69, 9.17) is 10.8 Å². The standard InChI is InChI=1S/C7H6F2N2O2.C7H5F2NO3/c8-7(9)11-3-1-2-4(5(10)12)6(11)13;8-7(9)10-3-1-2-4(5(10)11)6(12)13/h1-3,7H,(H2,10,12);1-3,7H,(H,12,13). The van der Waals surface area contributed by atoms with E-state index >= 15 is 0 Å². The van der Waals surface area contributed by atoms with Crippen LogP contribution in [0.15, 0.2) is 46.2 Å². The lowest BCUT2D eigenvalue weighted by Crippen LogP contribution is -2.29. The van der Waals surface area contributed by atoms with Gasteiger partial charge in [-0.3, -0.25) is 23.5 Å². The number of aromatic nitrogens is 2. The molecule has 0 radical (unpaired) electrons. The SMILES string of the molecule is NC(=O)c1cccn(C(F)F)c1=O.O=C(O)c1cccn(C(F)F)c1=O. The van der Waals surface area contributed by atoms with Crippen LogP contribution < -0.4 is 16.9 Å². The molecule has 0 saturated heterocycles. The van der Waals surface area contributed by atoms with E-state index in [1.165, 1.54) is 0 Å². The number of alkyl halides is 4. The van der Waals surface area contributed by atoms with Gasteiger partial charge in [0.25, 0.3) is 17.0 Å². The Labute approximate surface area is 141 Å². The van der Waals surface area contributed by atoms with Gasteiger partial charge in [0.1, 0.15) is 11.1 Å². The molecule has 0 aliphatic rings. The number of carbonyl (C=O) groups excluding carboxylic acids is 1. The first kappa shape index (κ1) is 20.6. The number of nitrogens with zero attached hydrogens (tertiary/aromatic N) is 2. The molecule has 12 heteroatoms. The minimum Gasteiger partial charge on any atom is -0.477 e. The molecule has 2 aromatic heterocycles. The minimum atomic E-state index is -3.02. The second-order valence-corrected chi connectivity index (χ2v) is 4.49. The number of halogens is 4. The van der Waals surface area contributed by atoms with Gasteiger partial charge in [-0.05, 0) is 24.3 Å². The highest BCUT2D eigenvalue weighted by molar-refractivity contribution is 5.92. The van der Waals surface area contributed by atoms with E-state index in [2.05, 4.69) is 0 Å². The lowest BCUT2D eigenvalue weighted by Gasteiger charge is -2.03. The van der Waals surface area contributed by atoms with Crippen molar-refractivity contribution in [2.24, 2.45) is 5.73 Å². The second-order valence-electron chi connectivity index (χ2n) is 4.49. The molecule has 8 nitrogen and oxygen atoms in total. The van der Waals surface area contributed by atoms with E-state index in [9.17, 15) is 36.7 Å². The van der Waals surface area contributed by atoms with Crippen molar-refractivity contribution >= 4 is 11.9 Å². The molecule has 2 rings (SSSR count). The number of rotatable bonds is 4. The number of carbonyl (C=O) groups is 2. The van der Waals surface area contributed by atoms with Crippen LogP contribution in [0.3, 0.4) is 0 Å². The highest BCUT2D eigenvalue weighted by Crippen LogP contribution is 2.06. The lowest BCUT2D eigenvalue weighted by molar-refractivity contribution is 0.0626. The van der Waals surface area contributed by atoms with E-state index < -0.39 is 47.2 Å². The molecule has 0 atom stereocenters. The summed E-state index contributed by atoms with van der Waals surface area (Å²) in [6, 6.07) is 4.32. The van der Waals surface area contributed by atoms with Crippen molar-refractivity contribution in [3.05, 3.63) is 68.5 Å². The molecular weight excluding hydrogens is 366 g/mol. The lowest BCUT2D eigenvalue weighted by atomic mass is 10.3. The number of aromatic carboxylic acids is 1. The van der Waals surface area contributed by atoms with Gasteiger partial charge < -0.3 is 10.8 Å². The Hall–Kier alpha value is -3.44. The molecule has 0 aliphatic heterocycles. The minimum absolute atomic E-state index is 0.0590. The summed E-state index contributed by atoms with van der Waals surface area (Å²) in [6.45, 7) is -5.99. The first-order valence-corrected chi connectivity index (χ1v) is 6.59. The quantitative estimate of drug-likeness (QED) is 0.777. The van der Waals surface area contributed by atoms with Gasteiger partial charge in [-0.1, -0.05) is 0 Å². The molecular formula is C14H11F4N3O5. The van der Waals surface area contributed by atoms with Crippen molar-refractivity contribution in [2.45, 2.75) is 13.1 Å². The van der Waals surface area contributed by atoms with Crippen molar-refractivity contribution in [1.82, 2.24) is 9.13 Å². The number of hydrogen-bond acceptors (Lipinski definition) is 4. The molecule has 2 aromatic rings. The Balaban J connectivity index is 0.000000260. The van der Waals surface area contributed by atoms with Crippen molar-refractivity contribution < 1.29 is 32.3 Å². The maximum atomic E-state index is 12.1. The fourth-order valence-corrected chi connectivity index (χ4v) is 1.68. The van der Waals surface area contributed by atoms with Gasteiger partial charge in [-0.25, -0.2) is 4.79 Å². The Kier molecular flexibility index (Phi) is 6.81. The van der Waals surface area contributed by atoms with E-state index in [1.54, 1.807) is 0 Å². The summed E-state index contributed by atoms with van der Waals surface area (Å²) in [5, 5.41) is 8.41. The summed E-state index contributed by atoms with van der Waals surface area (Å²) in [5.74, 6) is -2.53. The van der Waals surface area contributed by atoms with Gasteiger partial charge in [0, 0.05) is 12.4 Å². The third-order valence-electron chi connectivity index (χ3n) is 2.87. The van der Waals surface area contributed by atoms with Gasteiger partial charge in [0.05, 0.1) is 0 Å². The van der Waals surface area contributed by atoms with Crippen molar-refractivity contribution in [1.29, 1.82) is 0 Å². The summed E-state index contributed by atoms with van der Waals surface area (Å²) >= 11 is 0. The third kappa shape index (κ3) is 4.78. The number of carboxylic acids is 1. The first-order chi connectivity index (χ1) is 12.1. The number of nitrogens with two attached hydrogens (primary N) is 1. The Morgan fingerprint density at radius 1 is 0.885 bits per heavy atom. The van der Waals surface area contributed by atoms with Crippen LogP contribution in [0.5, 0.6) is 0 Å². The van der Waals surface area contributed by atoms with Crippen LogP contribution in [0.4, 0.5) is 17.6 Å². The number of amides is 1. The van der Waals surface area contributed by atoms with Crippen LogP contribution in [0.2, 0.25) is 0 Å². The van der Waals surface area contributed by atoms with Gasteiger partial charge in [-0.2, -0.15) is 17.6 Å². The average Bonchev–Trinajstić information content (AvgIpc) is 2.54. The normalized spacial score (nSPS) is 10.4. The first-order valence-electron chi connectivity index (χ1n) is 6.59. The Bertz CT molecular complexity index is 848. The zero-order chi connectivity index (χ0) is 20.0. The van der Waals surface area contributed by atoms with Crippen molar-refractivity contribution in [3.63, 3.8) is 0 Å². The second kappa shape index (κ2) is 8.60. The van der Waals surface area contributed by atoms with E-state index in [1.807, 2.05) is 0 Å². The molecule has 0 aliphatic carbocycles. The number of hydrogen-bond donors (Lipinski definition) is 2. The molecule has 0 aromatic carbocycles. The van der Waals surface area contributed by atoms with Gasteiger partial charge in [-0.15, -0.1) is 0 Å². The monoisotopic (exact) mass is 377 g/mol. The highest BCUT2D eigenvalue weighted by Gasteiger charge is 2.14. The summed E-state index contributed by atoms with van der Waals surface area (Å²) in [7, 11) is 0. The van der Waals surface area contributed by atoms with Crippen LogP contribution in [-0.4, -0.2) is 26.1 Å². The molecule has 0 spiro atoms. The van der Waals surface area contributed by atoms with E-state index in [0.29, 0.717) is 0 Å². The molecule has 1 amide bonds. The fraction of sp³-hybridized carbons (Fsp3) is 0.143. The number of pyridine rings is 2. The van der Waals surface area contributed by atoms with Crippen molar-refractivity contribution in [2.75, 3.05) is 0 Å². The molecule has 2 heterocycles. The molecule has 140 valence electrons. The van der Waals surface area contributed by atoms with E-state index in [-0.39, 0.29) is 9.13 Å². The summed E-state index contributed by atoms with van der Waals surface area (Å²) in [6.07, 6.45) is 1.72. The van der Waals surface area contributed by atoms with Crippen LogP contribution >= 0.6 is 0 Å². The highest BCUT2D eigenvalue weighted by atomic mass is 19.3. The smallest absolute Gasteiger partial charge is 0.341 e. The summed E-state index contributed by atoms with van der Waals surface area (Å²) in [4.78, 5) is 42.9. The zero-order valence-corrected chi connectivity index (χ0v) is 12.7. The van der Waals surface area contributed by atoms with Crippen LogP contribution in [0, 0.1) is 0 Å². The number of carboxylic acid groups (broad SMARTS) is 1. The van der Waals surface area contributed by atoms with E-state index in [0.717, 1.165) is 36.7 Å². The molecule has 0 saturated carbocycles. The van der Waals surface area contributed by atoms with Crippen molar-refractivity contribution in [3.8, 4) is 0 Å². The molecule has 0 unspecified atom stereocenters. The maximum Gasteiger partial charge on any atom is 0.341 e. The largest absolute Gasteiger partial charge is 0.477 e. The summed E-state index contributed by atoms with van der Waals surface area (Å²) in [5.41, 5.74) is 1.40. The van der Waals surface area contributed by atoms with Crippen LogP contribution in [-0.2, 0) is 0 Å². The van der Waals surface area contributed by atoms with Gasteiger partial charge in [0.15, 0.2) is 0 Å². The molecule has 26 heavy (non-hydrogen) atoms. The molecule has 0 fully saturated rings. The molecule has 0 bridgehead atoms. The Morgan fingerprint density at radius 3 is 1.62 bits per heavy atom. The third-order valence-corrected chi connectivity index (χ3v) is 2.87. The van der Waals surface area contributed by atoms with Gasteiger partial charge in [0.2, 0.25) is 0 Å². The topological polar surface area (TPSA) is 124 Å². The average molecular weight is 377 g/mol. The predicted molar refractivity (Wildman–Crippen MR) is 79.4 cm³/mol. The molecule has 3 N–H and O–H groups in total. The van der Waals surface area contributed by atoms with Crippen LogP contribution in [0.1, 0.15) is 33.8 Å². The van der Waals surface area contributed by atoms with Gasteiger partial charge >= 0.3 is 19.1 Å².